The smallest absolute Gasteiger partial charge is 0.356 e. The first-order valence-corrected chi connectivity index (χ1v) is 6.86. The van der Waals surface area contributed by atoms with E-state index < -0.39 is 0 Å². The summed E-state index contributed by atoms with van der Waals surface area (Å²) in [6, 6.07) is 1.52. The average molecular weight is 263 g/mol. The van der Waals surface area contributed by atoms with Crippen LogP contribution in [0.1, 0.15) is 50.5 Å². The Morgan fingerprint density at radius 2 is 2.26 bits per heavy atom. The van der Waals surface area contributed by atoms with Gasteiger partial charge in [0, 0.05) is 11.5 Å². The zero-order valence-corrected chi connectivity index (χ0v) is 11.7. The summed E-state index contributed by atoms with van der Waals surface area (Å²) in [5, 5.41) is 6.37. The lowest BCUT2D eigenvalue weighted by atomic mass is 9.70. The molecule has 0 amide bonds. The summed E-state index contributed by atoms with van der Waals surface area (Å²) >= 11 is 0. The Hall–Kier alpha value is -1.52. The van der Waals surface area contributed by atoms with Crippen molar-refractivity contribution in [2.24, 2.45) is 16.7 Å². The van der Waals surface area contributed by atoms with Gasteiger partial charge in [0.05, 0.1) is 0 Å². The molecule has 2 aliphatic carbocycles. The molecule has 2 fully saturated rings. The molecular formula is C14H21N3O2. The molecule has 3 N–H and O–H groups in total. The number of esters is 1. The second-order valence-corrected chi connectivity index (χ2v) is 6.71. The number of hydrogen-bond donors (Lipinski definition) is 2. The van der Waals surface area contributed by atoms with E-state index >= 15 is 0 Å². The Morgan fingerprint density at radius 1 is 1.53 bits per heavy atom. The molecule has 2 bridgehead atoms. The standard InChI is InChI=1S/C14H21N3O2/c1-13(2)8-4-5-14(13,3)10(6-8)19-12(18)9-7-11(15)17-16-9/h7-8,10H,4-6H2,1-3H3,(H3,15,16,17). The Kier molecular flexibility index (Phi) is 2.46. The molecule has 1 aromatic heterocycles. The van der Waals surface area contributed by atoms with Crippen LogP contribution in [0.5, 0.6) is 0 Å². The zero-order chi connectivity index (χ0) is 13.8. The number of aromatic amines is 1. The Balaban J connectivity index is 1.77. The summed E-state index contributed by atoms with van der Waals surface area (Å²) < 4.78 is 5.72. The number of nitrogens with zero attached hydrogens (tertiary/aromatic N) is 1. The number of nitrogens with one attached hydrogen (secondary N) is 1. The van der Waals surface area contributed by atoms with Crippen LogP contribution in [0, 0.1) is 16.7 Å². The van der Waals surface area contributed by atoms with Gasteiger partial charge in [-0.3, -0.25) is 5.10 Å². The molecule has 0 spiro atoms. The summed E-state index contributed by atoms with van der Waals surface area (Å²) in [5.41, 5.74) is 6.16. The molecule has 2 aliphatic rings. The highest BCUT2D eigenvalue weighted by Crippen LogP contribution is 2.66. The summed E-state index contributed by atoms with van der Waals surface area (Å²) in [4.78, 5) is 12.1. The molecule has 5 heteroatoms. The Labute approximate surface area is 112 Å². The first-order chi connectivity index (χ1) is 8.84. The molecule has 0 radical (unpaired) electrons. The summed E-state index contributed by atoms with van der Waals surface area (Å²) in [7, 11) is 0. The van der Waals surface area contributed by atoms with E-state index in [-0.39, 0.29) is 22.9 Å². The van der Waals surface area contributed by atoms with E-state index in [0.717, 1.165) is 12.8 Å². The van der Waals surface area contributed by atoms with Crippen molar-refractivity contribution < 1.29 is 9.53 Å². The van der Waals surface area contributed by atoms with Crippen LogP contribution >= 0.6 is 0 Å². The molecule has 104 valence electrons. The lowest BCUT2D eigenvalue weighted by Gasteiger charge is -2.38. The number of nitrogens with two attached hydrogens (primary N) is 1. The topological polar surface area (TPSA) is 81.0 Å². The lowest BCUT2D eigenvalue weighted by molar-refractivity contribution is -0.0247. The minimum atomic E-state index is -0.348. The SMILES string of the molecule is CC1(C)C2CCC1(C)C(OC(=O)c1cc(N)n[nH]1)C2. The van der Waals surface area contributed by atoms with E-state index in [1.54, 1.807) is 0 Å². The van der Waals surface area contributed by atoms with Crippen molar-refractivity contribution in [2.45, 2.75) is 46.1 Å². The number of H-pyrrole nitrogens is 1. The van der Waals surface area contributed by atoms with E-state index in [1.165, 1.54) is 12.5 Å². The van der Waals surface area contributed by atoms with Crippen molar-refractivity contribution >= 4 is 11.8 Å². The van der Waals surface area contributed by atoms with Crippen molar-refractivity contribution in [3.63, 3.8) is 0 Å². The minimum Gasteiger partial charge on any atom is -0.457 e. The number of hydrogen-bond acceptors (Lipinski definition) is 4. The van der Waals surface area contributed by atoms with Gasteiger partial charge in [-0.05, 0) is 30.6 Å². The van der Waals surface area contributed by atoms with Crippen molar-refractivity contribution in [3.05, 3.63) is 11.8 Å². The molecular weight excluding hydrogens is 242 g/mol. The number of anilines is 1. The number of rotatable bonds is 2. The summed E-state index contributed by atoms with van der Waals surface area (Å²) in [5.74, 6) is 0.618. The summed E-state index contributed by atoms with van der Waals surface area (Å²) in [6.07, 6.45) is 3.35. The molecule has 3 rings (SSSR count). The highest BCUT2D eigenvalue weighted by Gasteiger charge is 2.62. The molecule has 3 atom stereocenters. The molecule has 1 heterocycles. The molecule has 3 unspecified atom stereocenters. The third-order valence-electron chi connectivity index (χ3n) is 5.78. The molecule has 0 saturated heterocycles. The van der Waals surface area contributed by atoms with Gasteiger partial charge in [-0.2, -0.15) is 5.10 Å². The van der Waals surface area contributed by atoms with Crippen molar-refractivity contribution in [1.29, 1.82) is 0 Å². The van der Waals surface area contributed by atoms with E-state index in [2.05, 4.69) is 31.0 Å². The van der Waals surface area contributed by atoms with Gasteiger partial charge in [-0.25, -0.2) is 4.79 Å². The number of ether oxygens (including phenoxy) is 1. The van der Waals surface area contributed by atoms with E-state index in [4.69, 9.17) is 10.5 Å². The summed E-state index contributed by atoms with van der Waals surface area (Å²) in [6.45, 7) is 6.85. The van der Waals surface area contributed by atoms with Gasteiger partial charge in [0.2, 0.25) is 0 Å². The van der Waals surface area contributed by atoms with Gasteiger partial charge < -0.3 is 10.5 Å². The average Bonchev–Trinajstić information content (AvgIpc) is 2.91. The van der Waals surface area contributed by atoms with Crippen LogP contribution in [-0.4, -0.2) is 22.3 Å². The van der Waals surface area contributed by atoms with Gasteiger partial charge >= 0.3 is 5.97 Å². The third-order valence-corrected chi connectivity index (χ3v) is 5.78. The number of carbonyl (C=O) groups is 1. The highest BCUT2D eigenvalue weighted by molar-refractivity contribution is 5.88. The van der Waals surface area contributed by atoms with Crippen LogP contribution in [0.2, 0.25) is 0 Å². The maximum absolute atomic E-state index is 12.1. The van der Waals surface area contributed by atoms with Gasteiger partial charge in [0.15, 0.2) is 0 Å². The number of nitrogen functional groups attached to an aromatic ring is 1. The van der Waals surface area contributed by atoms with Crippen LogP contribution < -0.4 is 5.73 Å². The van der Waals surface area contributed by atoms with E-state index in [1.807, 2.05) is 0 Å². The first-order valence-electron chi connectivity index (χ1n) is 6.86. The van der Waals surface area contributed by atoms with Crippen LogP contribution in [-0.2, 0) is 4.74 Å². The van der Waals surface area contributed by atoms with E-state index in [9.17, 15) is 4.79 Å². The van der Waals surface area contributed by atoms with Gasteiger partial charge in [0.1, 0.15) is 17.6 Å². The maximum atomic E-state index is 12.1. The Morgan fingerprint density at radius 3 is 2.74 bits per heavy atom. The highest BCUT2D eigenvalue weighted by atomic mass is 16.5. The number of carbonyl (C=O) groups excluding carboxylic acids is 1. The lowest BCUT2D eigenvalue weighted by Crippen LogP contribution is -2.38. The second-order valence-electron chi connectivity index (χ2n) is 6.71. The van der Waals surface area contributed by atoms with Crippen molar-refractivity contribution in [2.75, 3.05) is 5.73 Å². The largest absolute Gasteiger partial charge is 0.457 e. The fourth-order valence-corrected chi connectivity index (χ4v) is 3.94. The fourth-order valence-electron chi connectivity index (χ4n) is 3.94. The molecule has 19 heavy (non-hydrogen) atoms. The fraction of sp³-hybridized carbons (Fsp3) is 0.714. The van der Waals surface area contributed by atoms with Crippen LogP contribution in [0.25, 0.3) is 0 Å². The third kappa shape index (κ3) is 1.60. The second kappa shape index (κ2) is 3.74. The maximum Gasteiger partial charge on any atom is 0.356 e. The van der Waals surface area contributed by atoms with Crippen LogP contribution in [0.3, 0.4) is 0 Å². The normalized spacial score (nSPS) is 35.5. The molecule has 0 aromatic carbocycles. The number of fused-ring (bicyclic) bond motifs is 2. The van der Waals surface area contributed by atoms with Crippen LogP contribution in [0.15, 0.2) is 6.07 Å². The molecule has 2 saturated carbocycles. The van der Waals surface area contributed by atoms with Gasteiger partial charge in [-0.15, -0.1) is 0 Å². The minimum absolute atomic E-state index is 0.00160. The molecule has 1 aromatic rings. The Bertz CT molecular complexity index is 523. The monoisotopic (exact) mass is 263 g/mol. The molecule has 0 aliphatic heterocycles. The van der Waals surface area contributed by atoms with Crippen molar-refractivity contribution in [3.8, 4) is 0 Å². The molecule has 5 nitrogen and oxygen atoms in total. The predicted molar refractivity (Wildman–Crippen MR) is 71.4 cm³/mol. The van der Waals surface area contributed by atoms with Crippen LogP contribution in [0.4, 0.5) is 5.82 Å². The number of aromatic nitrogens is 2. The van der Waals surface area contributed by atoms with E-state index in [0.29, 0.717) is 17.4 Å². The van der Waals surface area contributed by atoms with Gasteiger partial charge in [0.25, 0.3) is 0 Å². The quantitative estimate of drug-likeness (QED) is 0.803. The van der Waals surface area contributed by atoms with Crippen molar-refractivity contribution in [1.82, 2.24) is 10.2 Å². The van der Waals surface area contributed by atoms with Gasteiger partial charge in [-0.1, -0.05) is 20.8 Å². The first kappa shape index (κ1) is 12.5. The zero-order valence-electron chi connectivity index (χ0n) is 11.7. The predicted octanol–water partition coefficient (Wildman–Crippen LogP) is 2.36.